The first-order valence-corrected chi connectivity index (χ1v) is 7.94. The molecule has 1 spiro atoms. The van der Waals surface area contributed by atoms with Gasteiger partial charge in [-0.05, 0) is 24.6 Å². The van der Waals surface area contributed by atoms with Gasteiger partial charge in [0, 0.05) is 19.0 Å². The number of nitrogens with zero attached hydrogens (tertiary/aromatic N) is 3. The molecule has 2 aromatic heterocycles. The van der Waals surface area contributed by atoms with E-state index in [2.05, 4.69) is 28.6 Å². The first-order valence-electron chi connectivity index (χ1n) is 7.94. The predicted octanol–water partition coefficient (Wildman–Crippen LogP) is 2.91. The molecule has 1 fully saturated rings. The lowest BCUT2D eigenvalue weighted by Crippen LogP contribution is -2.46. The van der Waals surface area contributed by atoms with Crippen LogP contribution in [0.25, 0.3) is 11.6 Å². The van der Waals surface area contributed by atoms with Gasteiger partial charge in [0.15, 0.2) is 11.6 Å². The van der Waals surface area contributed by atoms with Gasteiger partial charge in [0.25, 0.3) is 0 Å². The van der Waals surface area contributed by atoms with Gasteiger partial charge >= 0.3 is 0 Å². The molecule has 3 atom stereocenters. The SMILES string of the molecule is C=CCN1C[C@H]2C[C@H]3C=C[C@@]2(O3)c2nc(-c3ccco3)ncc21. The molecule has 0 N–H and O–H groups in total. The quantitative estimate of drug-likeness (QED) is 0.816. The molecule has 0 unspecified atom stereocenters. The molecule has 2 bridgehead atoms. The van der Waals surface area contributed by atoms with Crippen LogP contribution in [0.15, 0.2) is 53.8 Å². The number of hydrogen-bond donors (Lipinski definition) is 0. The lowest BCUT2D eigenvalue weighted by atomic mass is 9.77. The Morgan fingerprint density at radius 1 is 1.48 bits per heavy atom. The predicted molar refractivity (Wildman–Crippen MR) is 85.9 cm³/mol. The molecule has 0 radical (unpaired) electrons. The molecule has 0 saturated carbocycles. The van der Waals surface area contributed by atoms with Gasteiger partial charge in [0.2, 0.25) is 0 Å². The van der Waals surface area contributed by atoms with Crippen LogP contribution in [0.5, 0.6) is 0 Å². The second-order valence-corrected chi connectivity index (χ2v) is 6.34. The van der Waals surface area contributed by atoms with Crippen LogP contribution in [0.1, 0.15) is 12.1 Å². The summed E-state index contributed by atoms with van der Waals surface area (Å²) in [6.45, 7) is 5.61. The Balaban J connectivity index is 1.70. The van der Waals surface area contributed by atoms with Crippen molar-refractivity contribution < 1.29 is 9.15 Å². The van der Waals surface area contributed by atoms with E-state index >= 15 is 0 Å². The fourth-order valence-corrected chi connectivity index (χ4v) is 4.04. The van der Waals surface area contributed by atoms with Crippen molar-refractivity contribution in [2.75, 3.05) is 18.0 Å². The molecule has 0 amide bonds. The number of rotatable bonds is 3. The van der Waals surface area contributed by atoms with Crippen LogP contribution in [-0.2, 0) is 10.3 Å². The van der Waals surface area contributed by atoms with Gasteiger partial charge in [0.1, 0.15) is 11.3 Å². The van der Waals surface area contributed by atoms with E-state index < -0.39 is 5.60 Å². The van der Waals surface area contributed by atoms with Crippen molar-refractivity contribution in [2.45, 2.75) is 18.1 Å². The van der Waals surface area contributed by atoms with E-state index in [9.17, 15) is 0 Å². The van der Waals surface area contributed by atoms with E-state index in [1.54, 1.807) is 6.26 Å². The van der Waals surface area contributed by atoms with Crippen molar-refractivity contribution in [3.05, 3.63) is 55.1 Å². The number of furan rings is 1. The van der Waals surface area contributed by atoms with E-state index in [0.29, 0.717) is 17.5 Å². The molecule has 3 aliphatic rings. The first kappa shape index (κ1) is 13.1. The molecule has 3 aliphatic heterocycles. The molecule has 0 aromatic carbocycles. The summed E-state index contributed by atoms with van der Waals surface area (Å²) in [4.78, 5) is 11.6. The Morgan fingerprint density at radius 2 is 2.43 bits per heavy atom. The topological polar surface area (TPSA) is 51.4 Å². The highest BCUT2D eigenvalue weighted by Crippen LogP contribution is 2.54. The number of fused-ring (bicyclic) bond motifs is 2. The minimum atomic E-state index is -0.401. The Labute approximate surface area is 134 Å². The summed E-state index contributed by atoms with van der Waals surface area (Å²) in [6, 6.07) is 3.73. The summed E-state index contributed by atoms with van der Waals surface area (Å²) in [5.74, 6) is 1.71. The minimum Gasteiger partial charge on any atom is -0.461 e. The second kappa shape index (κ2) is 4.55. The van der Waals surface area contributed by atoms with Crippen LogP contribution in [0.4, 0.5) is 5.69 Å². The lowest BCUT2D eigenvalue weighted by molar-refractivity contribution is 0.00375. The maximum atomic E-state index is 6.30. The van der Waals surface area contributed by atoms with Gasteiger partial charge in [-0.3, -0.25) is 0 Å². The van der Waals surface area contributed by atoms with Gasteiger partial charge < -0.3 is 14.1 Å². The fourth-order valence-electron chi connectivity index (χ4n) is 4.04. The third kappa shape index (κ3) is 1.71. The molecule has 116 valence electrons. The van der Waals surface area contributed by atoms with Crippen molar-refractivity contribution in [3.63, 3.8) is 0 Å². The monoisotopic (exact) mass is 307 g/mol. The normalized spacial score (nSPS) is 30.3. The molecule has 23 heavy (non-hydrogen) atoms. The lowest BCUT2D eigenvalue weighted by Gasteiger charge is -2.42. The van der Waals surface area contributed by atoms with Crippen molar-refractivity contribution in [3.8, 4) is 11.6 Å². The number of aromatic nitrogens is 2. The van der Waals surface area contributed by atoms with Gasteiger partial charge in [-0.1, -0.05) is 12.2 Å². The van der Waals surface area contributed by atoms with E-state index in [-0.39, 0.29) is 6.10 Å². The van der Waals surface area contributed by atoms with Crippen LogP contribution >= 0.6 is 0 Å². The fraction of sp³-hybridized carbons (Fsp3) is 0.333. The standard InChI is InChI=1S/C18H17N3O2/c1-2-7-21-11-12-9-13-5-6-18(12,23-13)16-14(21)10-19-17(20-16)15-4-3-8-22-15/h2-6,8,10,12-13H,1,7,9,11H2/t12-,13-,18+/m1/s1. The highest BCUT2D eigenvalue weighted by Gasteiger charge is 2.56. The maximum Gasteiger partial charge on any atom is 0.196 e. The van der Waals surface area contributed by atoms with Gasteiger partial charge in [0.05, 0.1) is 24.3 Å². The Morgan fingerprint density at radius 3 is 3.22 bits per heavy atom. The van der Waals surface area contributed by atoms with Crippen molar-refractivity contribution >= 4 is 5.69 Å². The van der Waals surface area contributed by atoms with Crippen LogP contribution in [0, 0.1) is 5.92 Å². The van der Waals surface area contributed by atoms with Crippen LogP contribution < -0.4 is 4.90 Å². The van der Waals surface area contributed by atoms with Crippen LogP contribution in [0.2, 0.25) is 0 Å². The highest BCUT2D eigenvalue weighted by atomic mass is 16.5. The number of ether oxygens (including phenoxy) is 1. The molecular weight excluding hydrogens is 290 g/mol. The highest BCUT2D eigenvalue weighted by molar-refractivity contribution is 5.61. The molecule has 1 saturated heterocycles. The van der Waals surface area contributed by atoms with Gasteiger partial charge in [-0.15, -0.1) is 6.58 Å². The number of hydrogen-bond acceptors (Lipinski definition) is 5. The molecule has 2 aromatic rings. The van der Waals surface area contributed by atoms with Crippen LogP contribution in [-0.4, -0.2) is 29.2 Å². The Bertz CT molecular complexity index is 799. The van der Waals surface area contributed by atoms with E-state index in [4.69, 9.17) is 14.1 Å². The third-order valence-corrected chi connectivity index (χ3v) is 5.04. The molecule has 0 aliphatic carbocycles. The minimum absolute atomic E-state index is 0.207. The zero-order chi connectivity index (χ0) is 15.4. The van der Waals surface area contributed by atoms with Crippen molar-refractivity contribution in [1.29, 1.82) is 0 Å². The van der Waals surface area contributed by atoms with Gasteiger partial charge in [-0.25, -0.2) is 9.97 Å². The largest absolute Gasteiger partial charge is 0.461 e. The summed E-state index contributed by atoms with van der Waals surface area (Å²) in [5, 5.41) is 0. The van der Waals surface area contributed by atoms with Crippen molar-refractivity contribution in [2.24, 2.45) is 5.92 Å². The summed E-state index contributed by atoms with van der Waals surface area (Å²) >= 11 is 0. The average molecular weight is 307 g/mol. The first-order chi connectivity index (χ1) is 11.3. The van der Waals surface area contributed by atoms with E-state index in [1.807, 2.05) is 24.4 Å². The van der Waals surface area contributed by atoms with Gasteiger partial charge in [-0.2, -0.15) is 0 Å². The zero-order valence-electron chi connectivity index (χ0n) is 12.7. The smallest absolute Gasteiger partial charge is 0.196 e. The summed E-state index contributed by atoms with van der Waals surface area (Å²) in [6.07, 6.45) is 11.1. The van der Waals surface area contributed by atoms with Crippen LogP contribution in [0.3, 0.4) is 0 Å². The molecule has 5 heterocycles. The van der Waals surface area contributed by atoms with Crippen molar-refractivity contribution in [1.82, 2.24) is 9.97 Å². The van der Waals surface area contributed by atoms with E-state index in [0.717, 1.165) is 30.9 Å². The summed E-state index contributed by atoms with van der Waals surface area (Å²) in [7, 11) is 0. The second-order valence-electron chi connectivity index (χ2n) is 6.34. The number of anilines is 1. The molecule has 5 heteroatoms. The Hall–Kier alpha value is -2.40. The zero-order valence-corrected chi connectivity index (χ0v) is 12.7. The Kier molecular flexibility index (Phi) is 2.59. The third-order valence-electron chi connectivity index (χ3n) is 5.04. The molecule has 5 rings (SSSR count). The maximum absolute atomic E-state index is 6.30. The molecular formula is C18H17N3O2. The molecule has 5 nitrogen and oxygen atoms in total. The summed E-state index contributed by atoms with van der Waals surface area (Å²) in [5.41, 5.74) is 1.58. The van der Waals surface area contributed by atoms with E-state index in [1.165, 1.54) is 0 Å². The summed E-state index contributed by atoms with van der Waals surface area (Å²) < 4.78 is 11.8. The average Bonchev–Trinajstić information content (AvgIpc) is 3.30.